The minimum absolute atomic E-state index is 0.195. The number of carbonyl (C=O) groups excluding carboxylic acids is 1. The number of anilines is 1. The van der Waals surface area contributed by atoms with Gasteiger partial charge in [-0.25, -0.2) is 9.78 Å². The van der Waals surface area contributed by atoms with Crippen molar-refractivity contribution in [1.29, 1.82) is 0 Å². The lowest BCUT2D eigenvalue weighted by Gasteiger charge is -2.38. The van der Waals surface area contributed by atoms with Gasteiger partial charge in [0.05, 0.1) is 23.3 Å². The molecule has 0 radical (unpaired) electrons. The Labute approximate surface area is 187 Å². The number of alkyl halides is 3. The third-order valence-corrected chi connectivity index (χ3v) is 5.88. The van der Waals surface area contributed by atoms with Crippen LogP contribution in [0.3, 0.4) is 0 Å². The number of ether oxygens (including phenoxy) is 1. The Morgan fingerprint density at radius 3 is 2.64 bits per heavy atom. The first-order valence-corrected chi connectivity index (χ1v) is 10.5. The van der Waals surface area contributed by atoms with E-state index in [1.807, 2.05) is 6.92 Å². The van der Waals surface area contributed by atoms with Gasteiger partial charge in [-0.1, -0.05) is 12.1 Å². The average molecular weight is 460 g/mol. The highest BCUT2D eigenvalue weighted by molar-refractivity contribution is 5.92. The van der Waals surface area contributed by atoms with Crippen molar-refractivity contribution in [3.05, 3.63) is 64.6 Å². The Balaban J connectivity index is 1.61. The Bertz CT molecular complexity index is 1250. The molecule has 33 heavy (non-hydrogen) atoms. The fraction of sp³-hybridized carbons (Fsp3) is 0.348. The van der Waals surface area contributed by atoms with Crippen LogP contribution in [0.5, 0.6) is 5.75 Å². The predicted molar refractivity (Wildman–Crippen MR) is 117 cm³/mol. The highest BCUT2D eigenvalue weighted by atomic mass is 19.4. The zero-order valence-corrected chi connectivity index (χ0v) is 18.1. The lowest BCUT2D eigenvalue weighted by molar-refractivity contribution is -0.274. The molecule has 174 valence electrons. The number of fused-ring (bicyclic) bond motifs is 1. The number of hydrogen-bond donors (Lipinski definition) is 2. The van der Waals surface area contributed by atoms with Gasteiger partial charge >= 0.3 is 12.4 Å². The van der Waals surface area contributed by atoms with Gasteiger partial charge in [0.1, 0.15) is 5.75 Å². The molecule has 4 rings (SSSR count). The number of benzene rings is 2. The molecule has 3 aromatic rings. The van der Waals surface area contributed by atoms with Gasteiger partial charge in [-0.2, -0.15) is 0 Å². The maximum Gasteiger partial charge on any atom is 0.573 e. The van der Waals surface area contributed by atoms with E-state index in [9.17, 15) is 22.8 Å². The van der Waals surface area contributed by atoms with Crippen LogP contribution in [0, 0.1) is 0 Å². The summed E-state index contributed by atoms with van der Waals surface area (Å²) in [6.45, 7) is 3.69. The summed E-state index contributed by atoms with van der Waals surface area (Å²) in [5, 5.41) is 5.74. The zero-order chi connectivity index (χ0) is 23.8. The van der Waals surface area contributed by atoms with E-state index in [1.54, 1.807) is 31.2 Å². The number of carbonyl (C=O) groups is 1. The van der Waals surface area contributed by atoms with E-state index >= 15 is 0 Å². The van der Waals surface area contributed by atoms with Gasteiger partial charge in [0, 0.05) is 11.2 Å². The lowest BCUT2D eigenvalue weighted by atomic mass is 9.79. The topological polar surface area (TPSA) is 85.2 Å². The molecule has 1 heterocycles. The van der Waals surface area contributed by atoms with Gasteiger partial charge in [-0.05, 0) is 69.0 Å². The molecule has 0 unspecified atom stereocenters. The molecule has 0 spiro atoms. The molecule has 1 saturated carbocycles. The van der Waals surface area contributed by atoms with E-state index in [2.05, 4.69) is 20.4 Å². The Kier molecular flexibility index (Phi) is 5.77. The van der Waals surface area contributed by atoms with E-state index in [0.717, 1.165) is 25.5 Å². The van der Waals surface area contributed by atoms with Crippen molar-refractivity contribution in [2.45, 2.75) is 51.1 Å². The Morgan fingerprint density at radius 2 is 1.97 bits per heavy atom. The van der Waals surface area contributed by atoms with Crippen LogP contribution in [0.25, 0.3) is 11.0 Å². The normalized spacial score (nSPS) is 16.0. The van der Waals surface area contributed by atoms with Crippen LogP contribution >= 0.6 is 0 Å². The van der Waals surface area contributed by atoms with E-state index < -0.39 is 18.0 Å². The quantitative estimate of drug-likeness (QED) is 0.563. The summed E-state index contributed by atoms with van der Waals surface area (Å²) >= 11 is 0. The van der Waals surface area contributed by atoms with Crippen molar-refractivity contribution in [3.8, 4) is 5.75 Å². The predicted octanol–water partition coefficient (Wildman–Crippen LogP) is 4.97. The minimum Gasteiger partial charge on any atom is -0.406 e. The molecule has 10 heteroatoms. The molecular formula is C23H23F3N4O3. The van der Waals surface area contributed by atoms with Gasteiger partial charge in [-0.15, -0.1) is 13.2 Å². The molecule has 2 amide bonds. The van der Waals surface area contributed by atoms with Crippen LogP contribution in [-0.4, -0.2) is 27.5 Å². The molecule has 1 aliphatic rings. The Morgan fingerprint density at radius 1 is 1.21 bits per heavy atom. The fourth-order valence-corrected chi connectivity index (χ4v) is 4.00. The second-order valence-electron chi connectivity index (χ2n) is 8.46. The first-order chi connectivity index (χ1) is 15.5. The number of hydrogen-bond acceptors (Lipinski definition) is 4. The molecule has 2 aromatic carbocycles. The number of nitrogens with zero attached hydrogens (tertiary/aromatic N) is 2. The molecule has 1 atom stereocenters. The summed E-state index contributed by atoms with van der Waals surface area (Å²) in [6.07, 6.45) is -0.724. The SMILES string of the molecule is C[C@@H](c1cccc(OC(F)(F)F)c1)n1c(=O)cnc2cc(NC(=O)NC3(C)CCC3)ccc21. The number of halogens is 3. The van der Waals surface area contributed by atoms with Crippen molar-refractivity contribution in [1.82, 2.24) is 14.9 Å². The van der Waals surface area contributed by atoms with Crippen LogP contribution in [0.1, 0.15) is 44.7 Å². The average Bonchev–Trinajstić information content (AvgIpc) is 2.71. The largest absolute Gasteiger partial charge is 0.573 e. The molecule has 0 saturated heterocycles. The van der Waals surface area contributed by atoms with Crippen LogP contribution < -0.4 is 20.9 Å². The molecular weight excluding hydrogens is 437 g/mol. The summed E-state index contributed by atoms with van der Waals surface area (Å²) in [5.41, 5.74) is 1.30. The van der Waals surface area contributed by atoms with E-state index in [1.165, 1.54) is 22.8 Å². The summed E-state index contributed by atoms with van der Waals surface area (Å²) in [7, 11) is 0. The molecule has 0 aliphatic heterocycles. The first-order valence-electron chi connectivity index (χ1n) is 10.5. The number of amides is 2. The van der Waals surface area contributed by atoms with Gasteiger partial charge in [0.2, 0.25) is 0 Å². The van der Waals surface area contributed by atoms with E-state index in [0.29, 0.717) is 22.3 Å². The zero-order valence-electron chi connectivity index (χ0n) is 18.1. The van der Waals surface area contributed by atoms with Crippen molar-refractivity contribution in [3.63, 3.8) is 0 Å². The van der Waals surface area contributed by atoms with Crippen LogP contribution in [0.4, 0.5) is 23.7 Å². The second-order valence-corrected chi connectivity index (χ2v) is 8.46. The van der Waals surface area contributed by atoms with Gasteiger partial charge in [0.25, 0.3) is 5.56 Å². The van der Waals surface area contributed by atoms with Crippen molar-refractivity contribution >= 4 is 22.8 Å². The highest BCUT2D eigenvalue weighted by Gasteiger charge is 2.33. The van der Waals surface area contributed by atoms with Gasteiger partial charge < -0.3 is 15.4 Å². The molecule has 0 bridgehead atoms. The summed E-state index contributed by atoms with van der Waals surface area (Å²) in [6, 6.07) is 9.53. The molecule has 1 fully saturated rings. The maximum absolute atomic E-state index is 12.6. The van der Waals surface area contributed by atoms with Crippen LogP contribution in [0.15, 0.2) is 53.5 Å². The minimum atomic E-state index is -4.81. The van der Waals surface area contributed by atoms with Crippen molar-refractivity contribution < 1.29 is 22.7 Å². The highest BCUT2D eigenvalue weighted by Crippen LogP contribution is 2.31. The maximum atomic E-state index is 12.6. The first kappa shape index (κ1) is 22.6. The Hall–Kier alpha value is -3.56. The van der Waals surface area contributed by atoms with E-state index in [-0.39, 0.29) is 17.3 Å². The number of aromatic nitrogens is 2. The number of nitrogens with one attached hydrogen (secondary N) is 2. The van der Waals surface area contributed by atoms with Crippen molar-refractivity contribution in [2.75, 3.05) is 5.32 Å². The molecule has 1 aliphatic carbocycles. The summed E-state index contributed by atoms with van der Waals surface area (Å²) in [4.78, 5) is 29.1. The fourth-order valence-electron chi connectivity index (χ4n) is 4.00. The molecule has 2 N–H and O–H groups in total. The standard InChI is InChI=1S/C23H23F3N4O3/c1-14(15-5-3-6-17(11-15)33-23(24,25)26)30-19-8-7-16(12-18(19)27-13-20(30)31)28-21(32)29-22(2)9-4-10-22/h3,5-8,11-14H,4,9-10H2,1-2H3,(H2,28,29,32)/t14-/m0/s1. The third kappa shape index (κ3) is 5.10. The number of rotatable bonds is 5. The van der Waals surface area contributed by atoms with Gasteiger partial charge in [-0.3, -0.25) is 9.36 Å². The van der Waals surface area contributed by atoms with Gasteiger partial charge in [0.15, 0.2) is 0 Å². The van der Waals surface area contributed by atoms with Crippen molar-refractivity contribution in [2.24, 2.45) is 0 Å². The monoisotopic (exact) mass is 460 g/mol. The molecule has 1 aromatic heterocycles. The number of urea groups is 1. The third-order valence-electron chi connectivity index (χ3n) is 5.88. The second kappa shape index (κ2) is 8.42. The van der Waals surface area contributed by atoms with Crippen LogP contribution in [0.2, 0.25) is 0 Å². The lowest BCUT2D eigenvalue weighted by Crippen LogP contribution is -2.52. The molecule has 7 nitrogen and oxygen atoms in total. The smallest absolute Gasteiger partial charge is 0.406 e. The summed E-state index contributed by atoms with van der Waals surface area (Å²) in [5.74, 6) is -0.365. The van der Waals surface area contributed by atoms with Crippen LogP contribution in [-0.2, 0) is 0 Å². The summed E-state index contributed by atoms with van der Waals surface area (Å²) < 4.78 is 43.2. The van der Waals surface area contributed by atoms with E-state index in [4.69, 9.17) is 0 Å².